The van der Waals surface area contributed by atoms with Gasteiger partial charge in [0.15, 0.2) is 0 Å². The van der Waals surface area contributed by atoms with Gasteiger partial charge in [0.1, 0.15) is 11.5 Å². The van der Waals surface area contributed by atoms with Gasteiger partial charge in [-0.3, -0.25) is 14.9 Å². The first kappa shape index (κ1) is 23.4. The Morgan fingerprint density at radius 1 is 1.20 bits per heavy atom. The number of nitro groups is 1. The Hall–Kier alpha value is -2.85. The number of nitrogens with zero attached hydrogens (tertiary/aromatic N) is 1. The molecule has 0 spiro atoms. The van der Waals surface area contributed by atoms with Crippen molar-refractivity contribution in [3.8, 4) is 11.5 Å². The van der Waals surface area contributed by atoms with Crippen LogP contribution in [0.5, 0.6) is 11.5 Å². The van der Waals surface area contributed by atoms with Gasteiger partial charge in [0, 0.05) is 25.3 Å². The van der Waals surface area contributed by atoms with E-state index in [-0.39, 0.29) is 40.8 Å². The molecule has 2 aromatic rings. The number of hydrogen-bond acceptors (Lipinski definition) is 6. The number of carbonyl (C=O) groups excluding carboxylic acids is 1. The fraction of sp³-hybridized carbons (Fsp3) is 0.316. The van der Waals surface area contributed by atoms with Gasteiger partial charge in [0.2, 0.25) is 0 Å². The molecule has 0 fully saturated rings. The van der Waals surface area contributed by atoms with Crippen LogP contribution < -0.4 is 4.74 Å². The van der Waals surface area contributed by atoms with Crippen LogP contribution in [0.3, 0.4) is 0 Å². The van der Waals surface area contributed by atoms with Crippen LogP contribution in [0.4, 0.5) is 18.9 Å². The molecule has 30 heavy (non-hydrogen) atoms. The molecule has 0 aliphatic carbocycles. The molecule has 0 radical (unpaired) electrons. The second kappa shape index (κ2) is 9.77. The van der Waals surface area contributed by atoms with Gasteiger partial charge in [-0.1, -0.05) is 11.6 Å². The van der Waals surface area contributed by atoms with Crippen molar-refractivity contribution < 1.29 is 37.1 Å². The summed E-state index contributed by atoms with van der Waals surface area (Å²) in [7, 11) is 2.56. The molecule has 0 heterocycles. The Bertz CT molecular complexity index is 935. The molecule has 2 aromatic carbocycles. The maximum absolute atomic E-state index is 12.8. The van der Waals surface area contributed by atoms with Crippen LogP contribution in [0.2, 0.25) is 5.02 Å². The fourth-order valence-corrected chi connectivity index (χ4v) is 2.93. The Labute approximate surface area is 174 Å². The van der Waals surface area contributed by atoms with E-state index < -0.39 is 28.6 Å². The van der Waals surface area contributed by atoms with Crippen molar-refractivity contribution in [2.24, 2.45) is 0 Å². The van der Waals surface area contributed by atoms with Gasteiger partial charge in [0.05, 0.1) is 28.5 Å². The first-order valence-corrected chi connectivity index (χ1v) is 8.86. The van der Waals surface area contributed by atoms with E-state index in [1.165, 1.54) is 19.2 Å². The molecular formula is C19H17ClF3NO6. The van der Waals surface area contributed by atoms with Crippen molar-refractivity contribution in [3.05, 3.63) is 62.7 Å². The van der Waals surface area contributed by atoms with Crippen LogP contribution in [0, 0.1) is 10.1 Å². The average Bonchev–Trinajstić information content (AvgIpc) is 2.68. The highest BCUT2D eigenvalue weighted by Gasteiger charge is 2.32. The first-order chi connectivity index (χ1) is 14.1. The molecule has 2 rings (SSSR count). The highest BCUT2D eigenvalue weighted by Crippen LogP contribution is 2.38. The molecule has 1 unspecified atom stereocenters. The summed E-state index contributed by atoms with van der Waals surface area (Å²) in [5.41, 5.74) is -1.27. The quantitative estimate of drug-likeness (QED) is 0.308. The second-order valence-corrected chi connectivity index (χ2v) is 6.49. The van der Waals surface area contributed by atoms with Crippen molar-refractivity contribution in [1.82, 2.24) is 0 Å². The molecule has 7 nitrogen and oxygen atoms in total. The number of carbonyl (C=O) groups is 1. The highest BCUT2D eigenvalue weighted by atomic mass is 35.5. The number of esters is 1. The third-order valence-electron chi connectivity index (χ3n) is 4.15. The van der Waals surface area contributed by atoms with E-state index in [1.54, 1.807) is 0 Å². The zero-order valence-electron chi connectivity index (χ0n) is 15.9. The molecule has 0 aliphatic rings. The molecule has 0 bridgehead atoms. The summed E-state index contributed by atoms with van der Waals surface area (Å²) in [4.78, 5) is 22.9. The predicted molar refractivity (Wildman–Crippen MR) is 101 cm³/mol. The van der Waals surface area contributed by atoms with Crippen LogP contribution >= 0.6 is 11.6 Å². The standard InChI is InChI=1S/C19H17ClF3NO6/c1-28-8-7-13(18(25)29-2)14-10-12(4-5-16(14)24(26)27)30-17-6-3-11(9-15(17)20)19(21,22)23/h3-6,9-10,13H,7-8H2,1-2H3. The summed E-state index contributed by atoms with van der Waals surface area (Å²) in [6.07, 6.45) is -4.47. The van der Waals surface area contributed by atoms with E-state index >= 15 is 0 Å². The van der Waals surface area contributed by atoms with Gasteiger partial charge in [-0.15, -0.1) is 0 Å². The van der Waals surface area contributed by atoms with Crippen LogP contribution in [0.25, 0.3) is 0 Å². The SMILES string of the molecule is COCCC(C(=O)OC)c1cc(Oc2ccc(C(F)(F)F)cc2Cl)ccc1[N+](=O)[O-]. The lowest BCUT2D eigenvalue weighted by Crippen LogP contribution is -2.17. The molecular weight excluding hydrogens is 431 g/mol. The monoisotopic (exact) mass is 447 g/mol. The number of benzene rings is 2. The van der Waals surface area contributed by atoms with E-state index in [0.29, 0.717) is 6.07 Å². The zero-order chi connectivity index (χ0) is 22.5. The van der Waals surface area contributed by atoms with Gasteiger partial charge in [-0.2, -0.15) is 13.2 Å². The van der Waals surface area contributed by atoms with Gasteiger partial charge >= 0.3 is 12.1 Å². The number of rotatable bonds is 8. The van der Waals surface area contributed by atoms with Crippen LogP contribution in [-0.2, 0) is 20.4 Å². The lowest BCUT2D eigenvalue weighted by molar-refractivity contribution is -0.385. The number of halogens is 4. The molecule has 0 saturated carbocycles. The van der Waals surface area contributed by atoms with Gasteiger partial charge < -0.3 is 14.2 Å². The van der Waals surface area contributed by atoms with E-state index in [1.807, 2.05) is 0 Å². The van der Waals surface area contributed by atoms with Crippen molar-refractivity contribution in [1.29, 1.82) is 0 Å². The predicted octanol–water partition coefficient (Wildman–Crippen LogP) is 5.35. The van der Waals surface area contributed by atoms with Crippen LogP contribution in [-0.4, -0.2) is 31.7 Å². The molecule has 0 aromatic heterocycles. The van der Waals surface area contributed by atoms with Crippen molar-refractivity contribution in [3.63, 3.8) is 0 Å². The number of alkyl halides is 3. The van der Waals surface area contributed by atoms with E-state index in [0.717, 1.165) is 25.3 Å². The van der Waals surface area contributed by atoms with Crippen molar-refractivity contribution in [2.45, 2.75) is 18.5 Å². The number of hydrogen-bond donors (Lipinski definition) is 0. The number of methoxy groups -OCH3 is 2. The molecule has 0 N–H and O–H groups in total. The maximum Gasteiger partial charge on any atom is 0.416 e. The number of nitro benzene ring substituents is 1. The van der Waals surface area contributed by atoms with Crippen LogP contribution in [0.15, 0.2) is 36.4 Å². The Morgan fingerprint density at radius 2 is 1.90 bits per heavy atom. The van der Waals surface area contributed by atoms with Gasteiger partial charge in [-0.05, 0) is 36.8 Å². The summed E-state index contributed by atoms with van der Waals surface area (Å²) in [6, 6.07) is 6.17. The molecule has 1 atom stereocenters. The van der Waals surface area contributed by atoms with E-state index in [9.17, 15) is 28.1 Å². The summed E-state index contributed by atoms with van der Waals surface area (Å²) < 4.78 is 53.5. The van der Waals surface area contributed by atoms with E-state index in [2.05, 4.69) is 0 Å². The molecule has 11 heteroatoms. The highest BCUT2D eigenvalue weighted by molar-refractivity contribution is 6.32. The lowest BCUT2D eigenvalue weighted by Gasteiger charge is -2.16. The Kier molecular flexibility index (Phi) is 7.63. The molecule has 0 saturated heterocycles. The Balaban J connectivity index is 2.44. The largest absolute Gasteiger partial charge is 0.469 e. The smallest absolute Gasteiger partial charge is 0.416 e. The molecule has 162 valence electrons. The summed E-state index contributed by atoms with van der Waals surface area (Å²) in [6.45, 7) is 0.132. The third kappa shape index (κ3) is 5.61. The lowest BCUT2D eigenvalue weighted by atomic mass is 9.94. The zero-order valence-corrected chi connectivity index (χ0v) is 16.6. The normalized spacial score (nSPS) is 12.3. The Morgan fingerprint density at radius 3 is 2.43 bits per heavy atom. The van der Waals surface area contributed by atoms with E-state index in [4.69, 9.17) is 25.8 Å². The third-order valence-corrected chi connectivity index (χ3v) is 4.45. The summed E-state index contributed by atoms with van der Waals surface area (Å²) in [5, 5.41) is 11.1. The van der Waals surface area contributed by atoms with Crippen LogP contribution in [0.1, 0.15) is 23.5 Å². The van der Waals surface area contributed by atoms with Gasteiger partial charge in [0.25, 0.3) is 5.69 Å². The minimum Gasteiger partial charge on any atom is -0.469 e. The fourth-order valence-electron chi connectivity index (χ4n) is 2.71. The average molecular weight is 448 g/mol. The molecule has 0 aliphatic heterocycles. The summed E-state index contributed by atoms with van der Waals surface area (Å²) >= 11 is 5.89. The second-order valence-electron chi connectivity index (χ2n) is 6.08. The summed E-state index contributed by atoms with van der Waals surface area (Å²) in [5.74, 6) is -1.76. The first-order valence-electron chi connectivity index (χ1n) is 8.48. The maximum atomic E-state index is 12.8. The molecule has 0 amide bonds. The number of ether oxygens (including phenoxy) is 3. The van der Waals surface area contributed by atoms with Crippen molar-refractivity contribution in [2.75, 3.05) is 20.8 Å². The topological polar surface area (TPSA) is 87.9 Å². The van der Waals surface area contributed by atoms with Gasteiger partial charge in [-0.25, -0.2) is 0 Å². The minimum absolute atomic E-state index is 0.0180. The minimum atomic E-state index is -4.57. The van der Waals surface area contributed by atoms with Crippen molar-refractivity contribution >= 4 is 23.3 Å².